The topological polar surface area (TPSA) is 63.0 Å². The van der Waals surface area contributed by atoms with Crippen molar-refractivity contribution in [2.24, 2.45) is 0 Å². The Labute approximate surface area is 86.9 Å². The maximum absolute atomic E-state index is 5.52. The Morgan fingerprint density at radius 2 is 2.53 bits per heavy atom. The summed E-state index contributed by atoms with van der Waals surface area (Å²) in [5, 5.41) is 6.53. The summed E-state index contributed by atoms with van der Waals surface area (Å²) in [5.74, 6) is 0. The van der Waals surface area contributed by atoms with Crippen LogP contribution in [0.5, 0.6) is 0 Å². The molecule has 0 spiro atoms. The zero-order valence-corrected chi connectivity index (χ0v) is 8.23. The van der Waals surface area contributed by atoms with Crippen molar-refractivity contribution in [2.75, 3.05) is 18.4 Å². The number of hydrogen-bond donors (Lipinski definition) is 2. The Morgan fingerprint density at radius 1 is 1.53 bits per heavy atom. The number of fused-ring (bicyclic) bond motifs is 1. The molecule has 2 aromatic rings. The quantitative estimate of drug-likeness (QED) is 0.764. The van der Waals surface area contributed by atoms with Crippen molar-refractivity contribution in [2.45, 2.75) is 12.5 Å². The molecular formula is C10H12N4O. The smallest absolute Gasteiger partial charge is 0.297 e. The minimum atomic E-state index is 0.415. The normalized spacial score (nSPS) is 20.9. The Bertz CT molecular complexity index is 428. The average Bonchev–Trinajstić information content (AvgIpc) is 2.86. The van der Waals surface area contributed by atoms with E-state index < -0.39 is 0 Å². The summed E-state index contributed by atoms with van der Waals surface area (Å²) in [7, 11) is 0. The second kappa shape index (κ2) is 3.51. The summed E-state index contributed by atoms with van der Waals surface area (Å²) in [6.45, 7) is 2.02. The molecule has 2 aromatic heterocycles. The van der Waals surface area contributed by atoms with Crippen LogP contribution in [0.3, 0.4) is 0 Å². The van der Waals surface area contributed by atoms with Crippen molar-refractivity contribution >= 4 is 17.2 Å². The lowest BCUT2D eigenvalue weighted by Crippen LogP contribution is -2.22. The minimum Gasteiger partial charge on any atom is -0.422 e. The standard InChI is InChI=1S/C10H12N4O/c1-2-8-9(12-4-1)14-10(15-8)13-7-3-5-11-6-7/h1-2,4,7,11H,3,5-6H2,(H,12,13,14). The highest BCUT2D eigenvalue weighted by Gasteiger charge is 2.16. The van der Waals surface area contributed by atoms with Gasteiger partial charge in [-0.2, -0.15) is 4.98 Å². The summed E-state index contributed by atoms with van der Waals surface area (Å²) in [6, 6.07) is 4.69. The van der Waals surface area contributed by atoms with Crippen LogP contribution in [0, 0.1) is 0 Å². The predicted molar refractivity (Wildman–Crippen MR) is 56.7 cm³/mol. The third-order valence-corrected chi connectivity index (χ3v) is 2.55. The van der Waals surface area contributed by atoms with Gasteiger partial charge in [0.1, 0.15) is 0 Å². The number of anilines is 1. The van der Waals surface area contributed by atoms with Gasteiger partial charge in [-0.3, -0.25) is 0 Å². The Morgan fingerprint density at radius 3 is 3.33 bits per heavy atom. The highest BCUT2D eigenvalue weighted by atomic mass is 16.4. The number of pyridine rings is 1. The van der Waals surface area contributed by atoms with E-state index in [0.29, 0.717) is 17.7 Å². The molecule has 5 nitrogen and oxygen atoms in total. The highest BCUT2D eigenvalue weighted by Crippen LogP contribution is 2.17. The van der Waals surface area contributed by atoms with Crippen molar-refractivity contribution in [1.82, 2.24) is 15.3 Å². The highest BCUT2D eigenvalue weighted by molar-refractivity contribution is 5.69. The summed E-state index contributed by atoms with van der Waals surface area (Å²) < 4.78 is 5.52. The first kappa shape index (κ1) is 8.67. The van der Waals surface area contributed by atoms with Crippen molar-refractivity contribution in [1.29, 1.82) is 0 Å². The van der Waals surface area contributed by atoms with Gasteiger partial charge in [0.05, 0.1) is 0 Å². The van der Waals surface area contributed by atoms with Crippen molar-refractivity contribution in [3.63, 3.8) is 0 Å². The van der Waals surface area contributed by atoms with Crippen LogP contribution in [0.1, 0.15) is 6.42 Å². The second-order valence-corrected chi connectivity index (χ2v) is 3.68. The van der Waals surface area contributed by atoms with Crippen molar-refractivity contribution < 1.29 is 4.42 Å². The molecule has 1 aliphatic heterocycles. The third kappa shape index (κ3) is 1.66. The van der Waals surface area contributed by atoms with Crippen LogP contribution in [0.25, 0.3) is 11.2 Å². The van der Waals surface area contributed by atoms with Crippen LogP contribution in [0.4, 0.5) is 6.01 Å². The lowest BCUT2D eigenvalue weighted by atomic mass is 10.3. The first-order valence-corrected chi connectivity index (χ1v) is 5.10. The first-order valence-electron chi connectivity index (χ1n) is 5.10. The van der Waals surface area contributed by atoms with Gasteiger partial charge in [0.2, 0.25) is 5.65 Å². The Balaban J connectivity index is 1.84. The average molecular weight is 204 g/mol. The Kier molecular flexibility index (Phi) is 2.03. The van der Waals surface area contributed by atoms with E-state index in [2.05, 4.69) is 20.6 Å². The molecule has 0 bridgehead atoms. The van der Waals surface area contributed by atoms with E-state index in [1.54, 1.807) is 6.20 Å². The molecule has 1 saturated heterocycles. The van der Waals surface area contributed by atoms with Crippen LogP contribution in [0.15, 0.2) is 22.7 Å². The molecule has 0 aliphatic carbocycles. The SMILES string of the molecule is c1cnc2nc(NC3CCNC3)oc2c1. The molecular weight excluding hydrogens is 192 g/mol. The number of hydrogen-bond acceptors (Lipinski definition) is 5. The van der Waals surface area contributed by atoms with Gasteiger partial charge in [0, 0.05) is 18.8 Å². The largest absolute Gasteiger partial charge is 0.422 e. The molecule has 0 radical (unpaired) electrons. The third-order valence-electron chi connectivity index (χ3n) is 2.55. The molecule has 0 aromatic carbocycles. The van der Waals surface area contributed by atoms with Gasteiger partial charge in [-0.25, -0.2) is 4.98 Å². The predicted octanol–water partition coefficient (Wildman–Crippen LogP) is 0.997. The summed E-state index contributed by atoms with van der Waals surface area (Å²) in [6.07, 6.45) is 2.82. The van der Waals surface area contributed by atoms with Gasteiger partial charge in [0.25, 0.3) is 6.01 Å². The van der Waals surface area contributed by atoms with Crippen LogP contribution < -0.4 is 10.6 Å². The molecule has 78 valence electrons. The molecule has 1 atom stereocenters. The summed E-state index contributed by atoms with van der Waals surface area (Å²) >= 11 is 0. The van der Waals surface area contributed by atoms with Gasteiger partial charge in [-0.05, 0) is 25.1 Å². The molecule has 5 heteroatoms. The number of rotatable bonds is 2. The summed E-state index contributed by atoms with van der Waals surface area (Å²) in [5.41, 5.74) is 1.39. The molecule has 0 amide bonds. The molecule has 0 saturated carbocycles. The molecule has 3 heterocycles. The van der Waals surface area contributed by atoms with Crippen LogP contribution in [-0.4, -0.2) is 29.1 Å². The van der Waals surface area contributed by atoms with Crippen molar-refractivity contribution in [3.8, 4) is 0 Å². The second-order valence-electron chi connectivity index (χ2n) is 3.68. The number of nitrogens with one attached hydrogen (secondary N) is 2. The fourth-order valence-electron chi connectivity index (χ4n) is 1.78. The lowest BCUT2D eigenvalue weighted by molar-refractivity contribution is 0.599. The van der Waals surface area contributed by atoms with E-state index in [9.17, 15) is 0 Å². The van der Waals surface area contributed by atoms with Crippen LogP contribution in [-0.2, 0) is 0 Å². The fourth-order valence-corrected chi connectivity index (χ4v) is 1.78. The van der Waals surface area contributed by atoms with E-state index in [-0.39, 0.29) is 0 Å². The van der Waals surface area contributed by atoms with Gasteiger partial charge in [-0.15, -0.1) is 0 Å². The Hall–Kier alpha value is -1.62. The van der Waals surface area contributed by atoms with E-state index in [4.69, 9.17) is 4.42 Å². The van der Waals surface area contributed by atoms with Gasteiger partial charge < -0.3 is 15.1 Å². The molecule has 15 heavy (non-hydrogen) atoms. The van der Waals surface area contributed by atoms with Gasteiger partial charge >= 0.3 is 0 Å². The zero-order chi connectivity index (χ0) is 10.1. The maximum Gasteiger partial charge on any atom is 0.297 e. The molecule has 3 rings (SSSR count). The van der Waals surface area contributed by atoms with Gasteiger partial charge in [-0.1, -0.05) is 0 Å². The van der Waals surface area contributed by atoms with E-state index in [0.717, 1.165) is 25.1 Å². The van der Waals surface area contributed by atoms with Gasteiger partial charge in [0.15, 0.2) is 5.58 Å². The lowest BCUT2D eigenvalue weighted by Gasteiger charge is -2.07. The van der Waals surface area contributed by atoms with Crippen LogP contribution >= 0.6 is 0 Å². The van der Waals surface area contributed by atoms with Crippen LogP contribution in [0.2, 0.25) is 0 Å². The first-order chi connectivity index (χ1) is 7.42. The summed E-state index contributed by atoms with van der Waals surface area (Å²) in [4.78, 5) is 8.38. The number of nitrogens with zero attached hydrogens (tertiary/aromatic N) is 2. The molecule has 2 N–H and O–H groups in total. The molecule has 1 unspecified atom stereocenters. The molecule has 1 aliphatic rings. The monoisotopic (exact) mass is 204 g/mol. The van der Waals surface area contributed by atoms with E-state index in [1.165, 1.54) is 0 Å². The van der Waals surface area contributed by atoms with Crippen molar-refractivity contribution in [3.05, 3.63) is 18.3 Å². The molecule has 1 fully saturated rings. The number of aromatic nitrogens is 2. The number of oxazole rings is 1. The van der Waals surface area contributed by atoms with E-state index >= 15 is 0 Å². The van der Waals surface area contributed by atoms with E-state index in [1.807, 2.05) is 12.1 Å². The fraction of sp³-hybridized carbons (Fsp3) is 0.400. The zero-order valence-electron chi connectivity index (χ0n) is 8.23. The minimum absolute atomic E-state index is 0.415. The maximum atomic E-state index is 5.52.